The highest BCUT2D eigenvalue weighted by Crippen LogP contribution is 2.56. The van der Waals surface area contributed by atoms with E-state index in [4.69, 9.17) is 8.83 Å². The third-order valence-electron chi connectivity index (χ3n) is 12.6. The number of hydrogen-bond donors (Lipinski definition) is 0. The predicted molar refractivity (Wildman–Crippen MR) is 226 cm³/mol. The second-order valence-corrected chi connectivity index (χ2v) is 16.9. The Morgan fingerprint density at radius 1 is 0.574 bits per heavy atom. The molecular formula is C49H37BN2O2. The number of fused-ring (bicyclic) bond motifs is 13. The van der Waals surface area contributed by atoms with Crippen LogP contribution in [0.2, 0.25) is 0 Å². The fourth-order valence-corrected chi connectivity index (χ4v) is 10.0. The van der Waals surface area contributed by atoms with Gasteiger partial charge in [0.2, 0.25) is 0 Å². The van der Waals surface area contributed by atoms with E-state index in [1.54, 1.807) is 0 Å². The van der Waals surface area contributed by atoms with Gasteiger partial charge in [0, 0.05) is 67.4 Å². The Balaban J connectivity index is 1.29. The van der Waals surface area contributed by atoms with Crippen LogP contribution in [0.1, 0.15) is 51.3 Å². The monoisotopic (exact) mass is 696 g/mol. The lowest BCUT2D eigenvalue weighted by atomic mass is 9.42. The fourth-order valence-electron chi connectivity index (χ4n) is 10.0. The molecule has 0 spiro atoms. The summed E-state index contributed by atoms with van der Waals surface area (Å²) in [4.78, 5) is 5.14. The van der Waals surface area contributed by atoms with Crippen LogP contribution in [-0.4, -0.2) is 6.85 Å². The third kappa shape index (κ3) is 3.74. The zero-order valence-corrected chi connectivity index (χ0v) is 31.0. The third-order valence-corrected chi connectivity index (χ3v) is 12.6. The Morgan fingerprint density at radius 3 is 2.04 bits per heavy atom. The number of furan rings is 2. The molecular weight excluding hydrogens is 659 g/mol. The maximum absolute atomic E-state index is 6.83. The molecule has 3 aliphatic rings. The molecule has 54 heavy (non-hydrogen) atoms. The lowest BCUT2D eigenvalue weighted by molar-refractivity contribution is 0.590. The number of benzene rings is 7. The molecule has 5 heteroatoms. The van der Waals surface area contributed by atoms with Gasteiger partial charge in [-0.05, 0) is 75.0 Å². The number of para-hydroxylation sites is 4. The molecule has 9 aromatic rings. The average molecular weight is 697 g/mol. The van der Waals surface area contributed by atoms with Gasteiger partial charge in [-0.2, -0.15) is 0 Å². The quantitative estimate of drug-likeness (QED) is 0.160. The number of nitrogens with zero attached hydrogens (tertiary/aromatic N) is 2. The van der Waals surface area contributed by atoms with Crippen LogP contribution >= 0.6 is 0 Å². The van der Waals surface area contributed by atoms with E-state index < -0.39 is 0 Å². The molecule has 0 radical (unpaired) electrons. The molecule has 3 aliphatic heterocycles. The molecule has 0 fully saturated rings. The Bertz CT molecular complexity index is 3090. The van der Waals surface area contributed by atoms with Crippen molar-refractivity contribution >= 4 is 90.1 Å². The van der Waals surface area contributed by atoms with Gasteiger partial charge in [0.15, 0.2) is 0 Å². The molecule has 0 atom stereocenters. The molecule has 0 saturated carbocycles. The minimum absolute atomic E-state index is 0.0370. The Morgan fingerprint density at radius 2 is 1.24 bits per heavy atom. The van der Waals surface area contributed by atoms with Crippen LogP contribution in [-0.2, 0) is 10.8 Å². The summed E-state index contributed by atoms with van der Waals surface area (Å²) >= 11 is 0. The summed E-state index contributed by atoms with van der Waals surface area (Å²) in [7, 11) is 0. The van der Waals surface area contributed by atoms with E-state index in [9.17, 15) is 0 Å². The first-order valence-electron chi connectivity index (χ1n) is 19.0. The van der Waals surface area contributed by atoms with E-state index in [2.05, 4.69) is 178 Å². The normalized spacial score (nSPS) is 15.2. The van der Waals surface area contributed by atoms with Gasteiger partial charge in [0.1, 0.15) is 22.3 Å². The lowest BCUT2D eigenvalue weighted by Crippen LogP contribution is -2.62. The van der Waals surface area contributed by atoms with Gasteiger partial charge in [-0.25, -0.2) is 0 Å². The van der Waals surface area contributed by atoms with E-state index in [1.165, 1.54) is 55.8 Å². The standard InChI is InChI=1S/C49H37BN2O2/c1-48(2,3)28-21-23-29(24-22-28)52-38-26-42-32(30-13-6-10-19-40(30)53-42)25-33(38)45-44-31-14-7-11-20-41(31)54-43(44)27-39-46(45)50(52)36-17-12-16-35-47(36)51(39)37-18-9-8-15-34(37)49(35,4)5/h6-27H,1-5H3. The molecule has 2 aromatic heterocycles. The maximum Gasteiger partial charge on any atom is 0.333 e. The summed E-state index contributed by atoms with van der Waals surface area (Å²) in [6.07, 6.45) is 0. The topological polar surface area (TPSA) is 32.8 Å². The van der Waals surface area contributed by atoms with Crippen molar-refractivity contribution in [1.82, 2.24) is 0 Å². The molecule has 0 N–H and O–H groups in total. The van der Waals surface area contributed by atoms with E-state index in [-0.39, 0.29) is 17.7 Å². The lowest BCUT2D eigenvalue weighted by Gasteiger charge is -2.50. The first-order chi connectivity index (χ1) is 26.2. The van der Waals surface area contributed by atoms with Crippen LogP contribution < -0.4 is 20.6 Å². The summed E-state index contributed by atoms with van der Waals surface area (Å²) in [6, 6.07) is 49.2. The maximum atomic E-state index is 6.83. The smallest absolute Gasteiger partial charge is 0.333 e. The second-order valence-electron chi connectivity index (χ2n) is 16.9. The molecule has 0 bridgehead atoms. The van der Waals surface area contributed by atoms with Crippen LogP contribution in [0, 0.1) is 0 Å². The van der Waals surface area contributed by atoms with E-state index >= 15 is 0 Å². The van der Waals surface area contributed by atoms with Crippen molar-refractivity contribution in [2.24, 2.45) is 0 Å². The molecule has 0 unspecified atom stereocenters. The van der Waals surface area contributed by atoms with Crippen LogP contribution in [0.3, 0.4) is 0 Å². The van der Waals surface area contributed by atoms with Crippen LogP contribution in [0.4, 0.5) is 28.4 Å². The van der Waals surface area contributed by atoms with Gasteiger partial charge >= 0.3 is 6.85 Å². The van der Waals surface area contributed by atoms with Gasteiger partial charge in [0.25, 0.3) is 0 Å². The largest absolute Gasteiger partial charge is 0.456 e. The van der Waals surface area contributed by atoms with Crippen molar-refractivity contribution in [2.75, 3.05) is 9.71 Å². The van der Waals surface area contributed by atoms with Crippen molar-refractivity contribution < 1.29 is 8.83 Å². The van der Waals surface area contributed by atoms with E-state index in [1.807, 2.05) is 0 Å². The van der Waals surface area contributed by atoms with E-state index in [0.717, 1.165) is 55.3 Å². The zero-order chi connectivity index (χ0) is 36.2. The highest BCUT2D eigenvalue weighted by molar-refractivity contribution is 6.94. The van der Waals surface area contributed by atoms with Gasteiger partial charge in [-0.15, -0.1) is 0 Å². The zero-order valence-electron chi connectivity index (χ0n) is 31.0. The second kappa shape index (κ2) is 10.1. The van der Waals surface area contributed by atoms with Crippen molar-refractivity contribution in [3.8, 4) is 11.1 Å². The molecule has 0 saturated heterocycles. The summed E-state index contributed by atoms with van der Waals surface area (Å²) in [5.41, 5.74) is 18.4. The van der Waals surface area contributed by atoms with Crippen molar-refractivity contribution in [1.29, 1.82) is 0 Å². The molecule has 0 aliphatic carbocycles. The molecule has 258 valence electrons. The minimum atomic E-state index is -0.200. The molecule has 0 amide bonds. The van der Waals surface area contributed by atoms with Crippen LogP contribution in [0.15, 0.2) is 142 Å². The van der Waals surface area contributed by atoms with Gasteiger partial charge in [-0.3, -0.25) is 0 Å². The van der Waals surface area contributed by atoms with E-state index in [0.29, 0.717) is 0 Å². The molecule has 5 heterocycles. The Hall–Kier alpha value is -6.20. The Kier molecular flexibility index (Phi) is 5.64. The SMILES string of the molecule is CC(C)(C)c1ccc(N2B3c4cccc5c4N(c4ccccc4C5(C)C)c4cc5oc6ccccc6c5c(c43)-c3cc4c(cc32)oc2ccccc24)cc1. The van der Waals surface area contributed by atoms with Gasteiger partial charge in [0.05, 0.1) is 5.69 Å². The van der Waals surface area contributed by atoms with Crippen LogP contribution in [0.25, 0.3) is 55.0 Å². The van der Waals surface area contributed by atoms with Crippen LogP contribution in [0.5, 0.6) is 0 Å². The number of hydrogen-bond acceptors (Lipinski definition) is 4. The first kappa shape index (κ1) is 30.3. The predicted octanol–water partition coefficient (Wildman–Crippen LogP) is 12.1. The van der Waals surface area contributed by atoms with Gasteiger partial charge in [-0.1, -0.05) is 120 Å². The minimum Gasteiger partial charge on any atom is -0.456 e. The van der Waals surface area contributed by atoms with Gasteiger partial charge < -0.3 is 18.5 Å². The summed E-state index contributed by atoms with van der Waals surface area (Å²) < 4.78 is 13.5. The molecule has 7 aromatic carbocycles. The highest BCUT2D eigenvalue weighted by Gasteiger charge is 2.50. The van der Waals surface area contributed by atoms with Crippen molar-refractivity contribution in [3.63, 3.8) is 0 Å². The molecule has 4 nitrogen and oxygen atoms in total. The first-order valence-corrected chi connectivity index (χ1v) is 19.0. The summed E-state index contributed by atoms with van der Waals surface area (Å²) in [5.74, 6) is 0. The van der Waals surface area contributed by atoms with Crippen molar-refractivity contribution in [2.45, 2.75) is 45.4 Å². The average Bonchev–Trinajstić information content (AvgIpc) is 3.74. The number of rotatable bonds is 1. The fraction of sp³-hybridized carbons (Fsp3) is 0.143. The highest BCUT2D eigenvalue weighted by atomic mass is 16.3. The van der Waals surface area contributed by atoms with Crippen molar-refractivity contribution in [3.05, 3.63) is 150 Å². The summed E-state index contributed by atoms with van der Waals surface area (Å²) in [5, 5.41) is 4.54. The molecule has 12 rings (SSSR count). The Labute approximate surface area is 314 Å². The summed E-state index contributed by atoms with van der Waals surface area (Å²) in [6.45, 7) is 11.5. The number of anilines is 5.